The summed E-state index contributed by atoms with van der Waals surface area (Å²) >= 11 is 3.40. The highest BCUT2D eigenvalue weighted by Crippen LogP contribution is 2.24. The molecule has 2 aromatic rings. The molecular weight excluding hydrogens is 304 g/mol. The zero-order chi connectivity index (χ0) is 13.7. The summed E-state index contributed by atoms with van der Waals surface area (Å²) in [6.45, 7) is 0. The zero-order valence-electron chi connectivity index (χ0n) is 10.2. The fourth-order valence-corrected chi connectivity index (χ4v) is 2.22. The highest BCUT2D eigenvalue weighted by Gasteiger charge is 2.07. The molecule has 0 saturated heterocycles. The predicted octanol–water partition coefficient (Wildman–Crippen LogP) is 4.10. The normalized spacial score (nSPS) is 11.3. The van der Waals surface area contributed by atoms with E-state index in [1.165, 1.54) is 6.08 Å². The Kier molecular flexibility index (Phi) is 4.53. The molecule has 1 N–H and O–H groups in total. The molecule has 0 aliphatic carbocycles. The Balaban J connectivity index is 2.46. The molecule has 0 atom stereocenters. The van der Waals surface area contributed by atoms with E-state index in [2.05, 4.69) is 15.9 Å². The largest absolute Gasteiger partial charge is 0.478 e. The quantitative estimate of drug-likeness (QED) is 0.681. The molecule has 0 aliphatic rings. The lowest BCUT2D eigenvalue weighted by atomic mass is 9.97. The van der Waals surface area contributed by atoms with Gasteiger partial charge < -0.3 is 5.11 Å². The summed E-state index contributed by atoms with van der Waals surface area (Å²) in [4.78, 5) is 11.0. The van der Waals surface area contributed by atoms with Crippen LogP contribution in [0, 0.1) is 0 Å². The summed E-state index contributed by atoms with van der Waals surface area (Å²) in [5, 5.41) is 9.81. The number of rotatable bonds is 4. The first-order chi connectivity index (χ1) is 9.20. The van der Waals surface area contributed by atoms with E-state index in [1.807, 2.05) is 54.6 Å². The van der Waals surface area contributed by atoms with Gasteiger partial charge in [-0.2, -0.15) is 0 Å². The van der Waals surface area contributed by atoms with Crippen LogP contribution in [0.2, 0.25) is 0 Å². The van der Waals surface area contributed by atoms with Gasteiger partial charge in [0, 0.05) is 11.4 Å². The molecule has 0 aliphatic heterocycles. The van der Waals surface area contributed by atoms with E-state index < -0.39 is 5.97 Å². The lowest BCUT2D eigenvalue weighted by Crippen LogP contribution is -1.95. The number of benzene rings is 2. The minimum absolute atomic E-state index is 0.717. The van der Waals surface area contributed by atoms with Crippen molar-refractivity contribution >= 4 is 27.5 Å². The smallest absolute Gasteiger partial charge is 0.328 e. The van der Waals surface area contributed by atoms with Crippen LogP contribution in [0.25, 0.3) is 5.57 Å². The van der Waals surface area contributed by atoms with E-state index in [-0.39, 0.29) is 0 Å². The number of hydrogen-bond donors (Lipinski definition) is 1. The Bertz CT molecular complexity index is 586. The zero-order valence-corrected chi connectivity index (χ0v) is 11.8. The Hall–Kier alpha value is -1.87. The fourth-order valence-electron chi connectivity index (χ4n) is 1.85. The lowest BCUT2D eigenvalue weighted by Gasteiger charge is -2.08. The van der Waals surface area contributed by atoms with Gasteiger partial charge in [0.15, 0.2) is 0 Å². The summed E-state index contributed by atoms with van der Waals surface area (Å²) < 4.78 is 0. The van der Waals surface area contributed by atoms with Crippen molar-refractivity contribution in [2.45, 2.75) is 5.33 Å². The molecule has 96 valence electrons. The summed E-state index contributed by atoms with van der Waals surface area (Å²) in [6, 6.07) is 17.4. The van der Waals surface area contributed by atoms with Gasteiger partial charge in [0.2, 0.25) is 0 Å². The van der Waals surface area contributed by atoms with Crippen LogP contribution in [-0.4, -0.2) is 11.1 Å². The first kappa shape index (κ1) is 13.6. The Morgan fingerprint density at radius 1 is 1.00 bits per heavy atom. The topological polar surface area (TPSA) is 37.3 Å². The Labute approximate surface area is 120 Å². The van der Waals surface area contributed by atoms with Crippen molar-refractivity contribution in [1.29, 1.82) is 0 Å². The van der Waals surface area contributed by atoms with Crippen molar-refractivity contribution in [1.82, 2.24) is 0 Å². The molecule has 2 rings (SSSR count). The number of halogens is 1. The van der Waals surface area contributed by atoms with Crippen LogP contribution in [0.15, 0.2) is 60.7 Å². The van der Waals surface area contributed by atoms with E-state index in [1.54, 1.807) is 0 Å². The van der Waals surface area contributed by atoms with Crippen molar-refractivity contribution in [2.75, 3.05) is 0 Å². The van der Waals surface area contributed by atoms with E-state index >= 15 is 0 Å². The summed E-state index contributed by atoms with van der Waals surface area (Å²) in [5.41, 5.74) is 3.68. The molecule has 0 spiro atoms. The number of hydrogen-bond acceptors (Lipinski definition) is 1. The van der Waals surface area contributed by atoms with Crippen molar-refractivity contribution in [2.24, 2.45) is 0 Å². The molecule has 0 fully saturated rings. The third-order valence-corrected chi connectivity index (χ3v) is 3.42. The lowest BCUT2D eigenvalue weighted by molar-refractivity contribution is -0.131. The second kappa shape index (κ2) is 6.34. The first-order valence-electron chi connectivity index (χ1n) is 5.86. The molecule has 2 aromatic carbocycles. The molecule has 0 saturated carbocycles. The monoisotopic (exact) mass is 316 g/mol. The van der Waals surface area contributed by atoms with E-state index in [0.29, 0.717) is 5.57 Å². The summed E-state index contributed by atoms with van der Waals surface area (Å²) in [7, 11) is 0. The summed E-state index contributed by atoms with van der Waals surface area (Å²) in [6.07, 6.45) is 1.25. The second-order valence-electron chi connectivity index (χ2n) is 4.09. The van der Waals surface area contributed by atoms with Crippen LogP contribution >= 0.6 is 15.9 Å². The van der Waals surface area contributed by atoms with Gasteiger partial charge in [-0.1, -0.05) is 70.5 Å². The molecular formula is C16H13BrO2. The number of carbonyl (C=O) groups is 1. The molecule has 0 radical (unpaired) electrons. The highest BCUT2D eigenvalue weighted by molar-refractivity contribution is 9.08. The van der Waals surface area contributed by atoms with E-state index in [9.17, 15) is 4.79 Å². The molecule has 2 nitrogen and oxygen atoms in total. The average Bonchev–Trinajstić information content (AvgIpc) is 2.46. The summed E-state index contributed by atoms with van der Waals surface area (Å²) in [5.74, 6) is -0.941. The SMILES string of the molecule is O=C(O)C=C(c1ccccc1)c1ccc(CBr)cc1. The van der Waals surface area contributed by atoms with E-state index in [0.717, 1.165) is 22.0 Å². The van der Waals surface area contributed by atoms with Gasteiger partial charge in [-0.25, -0.2) is 4.79 Å². The van der Waals surface area contributed by atoms with Gasteiger partial charge in [-0.3, -0.25) is 0 Å². The number of aliphatic carboxylic acids is 1. The molecule has 19 heavy (non-hydrogen) atoms. The minimum atomic E-state index is -0.941. The highest BCUT2D eigenvalue weighted by atomic mass is 79.9. The van der Waals surface area contributed by atoms with E-state index in [4.69, 9.17) is 5.11 Å². The van der Waals surface area contributed by atoms with Gasteiger partial charge in [0.05, 0.1) is 0 Å². The maximum Gasteiger partial charge on any atom is 0.328 e. The number of carboxylic acid groups (broad SMARTS) is 1. The Morgan fingerprint density at radius 3 is 2.11 bits per heavy atom. The van der Waals surface area contributed by atoms with Crippen LogP contribution in [0.3, 0.4) is 0 Å². The van der Waals surface area contributed by atoms with Crippen molar-refractivity contribution < 1.29 is 9.90 Å². The van der Waals surface area contributed by atoms with Crippen molar-refractivity contribution in [3.63, 3.8) is 0 Å². The van der Waals surface area contributed by atoms with Gasteiger partial charge in [0.25, 0.3) is 0 Å². The molecule has 0 bridgehead atoms. The third-order valence-electron chi connectivity index (χ3n) is 2.77. The standard InChI is InChI=1S/C16H13BrO2/c17-11-12-6-8-14(9-7-12)15(10-16(18)19)13-4-2-1-3-5-13/h1-10H,11H2,(H,18,19). The average molecular weight is 317 g/mol. The van der Waals surface area contributed by atoms with Crippen molar-refractivity contribution in [3.8, 4) is 0 Å². The molecule has 0 aromatic heterocycles. The van der Waals surface area contributed by atoms with Gasteiger partial charge in [0.1, 0.15) is 0 Å². The van der Waals surface area contributed by atoms with Crippen LogP contribution < -0.4 is 0 Å². The Morgan fingerprint density at radius 2 is 1.58 bits per heavy atom. The van der Waals surface area contributed by atoms with Gasteiger partial charge >= 0.3 is 5.97 Å². The van der Waals surface area contributed by atoms with Crippen LogP contribution in [-0.2, 0) is 10.1 Å². The second-order valence-corrected chi connectivity index (χ2v) is 4.65. The molecule has 0 unspecified atom stereocenters. The van der Waals surface area contributed by atoms with Gasteiger partial charge in [-0.15, -0.1) is 0 Å². The molecule has 3 heteroatoms. The fraction of sp³-hybridized carbons (Fsp3) is 0.0625. The first-order valence-corrected chi connectivity index (χ1v) is 6.98. The van der Waals surface area contributed by atoms with Crippen molar-refractivity contribution in [3.05, 3.63) is 77.4 Å². The van der Waals surface area contributed by atoms with Crippen LogP contribution in [0.4, 0.5) is 0 Å². The third kappa shape index (κ3) is 3.55. The molecule has 0 heterocycles. The maximum atomic E-state index is 11.0. The number of alkyl halides is 1. The number of carboxylic acids is 1. The minimum Gasteiger partial charge on any atom is -0.478 e. The molecule has 0 amide bonds. The maximum absolute atomic E-state index is 11.0. The predicted molar refractivity (Wildman–Crippen MR) is 80.2 cm³/mol. The van der Waals surface area contributed by atoms with Crippen LogP contribution in [0.5, 0.6) is 0 Å². The van der Waals surface area contributed by atoms with Gasteiger partial charge in [-0.05, 0) is 22.3 Å². The van der Waals surface area contributed by atoms with Crippen LogP contribution in [0.1, 0.15) is 16.7 Å².